The number of nitrogens with one attached hydrogen (secondary N) is 1. The van der Waals surface area contributed by atoms with Crippen molar-refractivity contribution < 1.29 is 9.18 Å². The molecule has 0 radical (unpaired) electrons. The van der Waals surface area contributed by atoms with E-state index in [1.165, 1.54) is 16.9 Å². The molecule has 0 spiro atoms. The predicted octanol–water partition coefficient (Wildman–Crippen LogP) is 3.55. The average Bonchev–Trinajstić information content (AvgIpc) is 3.12. The minimum Gasteiger partial charge on any atom is -0.348 e. The maximum absolute atomic E-state index is 13.1. The van der Waals surface area contributed by atoms with Crippen LogP contribution in [0.5, 0.6) is 0 Å². The van der Waals surface area contributed by atoms with Gasteiger partial charge in [0.05, 0.1) is 6.04 Å². The number of carbonyl (C=O) groups excluding carboxylic acids is 1. The Morgan fingerprint density at radius 1 is 1.04 bits per heavy atom. The predicted molar refractivity (Wildman–Crippen MR) is 100 cm³/mol. The van der Waals surface area contributed by atoms with Gasteiger partial charge in [0.15, 0.2) is 6.04 Å². The van der Waals surface area contributed by atoms with Gasteiger partial charge >= 0.3 is 0 Å². The van der Waals surface area contributed by atoms with E-state index in [2.05, 4.69) is 20.7 Å². The Kier molecular flexibility index (Phi) is 5.59. The first-order chi connectivity index (χ1) is 13.0. The van der Waals surface area contributed by atoms with Crippen LogP contribution in [0.2, 0.25) is 0 Å². The van der Waals surface area contributed by atoms with E-state index < -0.39 is 6.04 Å². The number of tetrazole rings is 1. The van der Waals surface area contributed by atoms with Crippen molar-refractivity contribution in [3.63, 3.8) is 0 Å². The van der Waals surface area contributed by atoms with Gasteiger partial charge in [-0.2, -0.15) is 4.80 Å². The number of carbonyl (C=O) groups is 1. The van der Waals surface area contributed by atoms with Crippen LogP contribution in [-0.4, -0.2) is 26.1 Å². The van der Waals surface area contributed by atoms with Gasteiger partial charge in [0.2, 0.25) is 11.7 Å². The van der Waals surface area contributed by atoms with Crippen LogP contribution in [0.4, 0.5) is 4.39 Å². The SMILES string of the molecule is CC(C)[C@H](C(=O)N[C@@H](C)c1ccc(F)cc1)n1nnc(-c2ccccc2)n1. The van der Waals surface area contributed by atoms with Crippen molar-refractivity contribution in [2.24, 2.45) is 5.92 Å². The summed E-state index contributed by atoms with van der Waals surface area (Å²) in [5, 5.41) is 15.5. The molecular weight excluding hydrogens is 345 g/mol. The highest BCUT2D eigenvalue weighted by Gasteiger charge is 2.28. The van der Waals surface area contributed by atoms with Crippen LogP contribution in [0.25, 0.3) is 11.4 Å². The van der Waals surface area contributed by atoms with Crippen LogP contribution >= 0.6 is 0 Å². The van der Waals surface area contributed by atoms with E-state index in [1.807, 2.05) is 51.1 Å². The molecule has 0 bridgehead atoms. The van der Waals surface area contributed by atoms with Crippen LogP contribution in [0.3, 0.4) is 0 Å². The van der Waals surface area contributed by atoms with Gasteiger partial charge in [0.1, 0.15) is 5.82 Å². The van der Waals surface area contributed by atoms with Gasteiger partial charge in [-0.1, -0.05) is 56.3 Å². The first-order valence-electron chi connectivity index (χ1n) is 8.86. The topological polar surface area (TPSA) is 72.7 Å². The molecule has 0 fully saturated rings. The molecular formula is C20H22FN5O. The lowest BCUT2D eigenvalue weighted by Crippen LogP contribution is -2.38. The standard InChI is InChI=1S/C20H22FN5O/c1-13(2)18(20(27)22-14(3)15-9-11-17(21)12-10-15)26-24-19(23-25-26)16-7-5-4-6-8-16/h4-14,18H,1-3H3,(H,22,27)/t14-,18+/m0/s1. The van der Waals surface area contributed by atoms with Crippen molar-refractivity contribution in [2.45, 2.75) is 32.9 Å². The summed E-state index contributed by atoms with van der Waals surface area (Å²) in [5.41, 5.74) is 1.66. The molecule has 7 heteroatoms. The summed E-state index contributed by atoms with van der Waals surface area (Å²) in [6, 6.07) is 14.7. The maximum atomic E-state index is 13.1. The Balaban J connectivity index is 1.78. The molecule has 0 aliphatic rings. The number of amides is 1. The zero-order chi connectivity index (χ0) is 19.4. The molecule has 1 amide bonds. The van der Waals surface area contributed by atoms with Gasteiger partial charge in [-0.3, -0.25) is 4.79 Å². The second kappa shape index (κ2) is 8.07. The number of aromatic nitrogens is 4. The first kappa shape index (κ1) is 18.7. The van der Waals surface area contributed by atoms with Gasteiger partial charge in [-0.05, 0) is 35.8 Å². The Labute approximate surface area is 157 Å². The highest BCUT2D eigenvalue weighted by molar-refractivity contribution is 5.80. The summed E-state index contributed by atoms with van der Waals surface area (Å²) in [4.78, 5) is 14.2. The van der Waals surface area contributed by atoms with Crippen molar-refractivity contribution in [2.75, 3.05) is 0 Å². The lowest BCUT2D eigenvalue weighted by atomic mass is 10.0. The molecule has 0 saturated carbocycles. The summed E-state index contributed by atoms with van der Waals surface area (Å²) in [5.74, 6) is -0.0831. The number of hydrogen-bond acceptors (Lipinski definition) is 4. The highest BCUT2D eigenvalue weighted by atomic mass is 19.1. The van der Waals surface area contributed by atoms with Crippen LogP contribution in [-0.2, 0) is 4.79 Å². The van der Waals surface area contributed by atoms with Crippen molar-refractivity contribution in [1.29, 1.82) is 0 Å². The molecule has 0 aliphatic carbocycles. The number of hydrogen-bond donors (Lipinski definition) is 1. The van der Waals surface area contributed by atoms with E-state index in [1.54, 1.807) is 12.1 Å². The van der Waals surface area contributed by atoms with Gasteiger partial charge in [-0.25, -0.2) is 4.39 Å². The molecule has 0 unspecified atom stereocenters. The first-order valence-corrected chi connectivity index (χ1v) is 8.86. The maximum Gasteiger partial charge on any atom is 0.247 e. The van der Waals surface area contributed by atoms with Crippen molar-refractivity contribution >= 4 is 5.91 Å². The van der Waals surface area contributed by atoms with Gasteiger partial charge in [0, 0.05) is 5.56 Å². The van der Waals surface area contributed by atoms with Crippen LogP contribution in [0, 0.1) is 11.7 Å². The number of rotatable bonds is 6. The number of nitrogens with zero attached hydrogens (tertiary/aromatic N) is 4. The monoisotopic (exact) mass is 367 g/mol. The van der Waals surface area contributed by atoms with Crippen molar-refractivity contribution in [3.05, 3.63) is 66.0 Å². The quantitative estimate of drug-likeness (QED) is 0.723. The minimum absolute atomic E-state index is 0.0387. The zero-order valence-electron chi connectivity index (χ0n) is 15.5. The summed E-state index contributed by atoms with van der Waals surface area (Å²) >= 11 is 0. The fraction of sp³-hybridized carbons (Fsp3) is 0.300. The zero-order valence-corrected chi connectivity index (χ0v) is 15.5. The third kappa shape index (κ3) is 4.36. The van der Waals surface area contributed by atoms with Crippen LogP contribution in [0.15, 0.2) is 54.6 Å². The minimum atomic E-state index is -0.599. The molecule has 140 valence electrons. The molecule has 27 heavy (non-hydrogen) atoms. The van der Waals surface area contributed by atoms with E-state index in [4.69, 9.17) is 0 Å². The molecule has 1 aromatic heterocycles. The lowest BCUT2D eigenvalue weighted by molar-refractivity contribution is -0.127. The average molecular weight is 367 g/mol. The van der Waals surface area contributed by atoms with Crippen molar-refractivity contribution in [1.82, 2.24) is 25.5 Å². The molecule has 1 N–H and O–H groups in total. The smallest absolute Gasteiger partial charge is 0.247 e. The second-order valence-electron chi connectivity index (χ2n) is 6.77. The normalized spacial score (nSPS) is 13.4. The Morgan fingerprint density at radius 3 is 2.33 bits per heavy atom. The third-order valence-electron chi connectivity index (χ3n) is 4.34. The summed E-state index contributed by atoms with van der Waals surface area (Å²) in [7, 11) is 0. The second-order valence-corrected chi connectivity index (χ2v) is 6.77. The van der Waals surface area contributed by atoms with Gasteiger partial charge in [0.25, 0.3) is 0 Å². The molecule has 6 nitrogen and oxygen atoms in total. The number of benzene rings is 2. The molecule has 2 aromatic carbocycles. The Morgan fingerprint density at radius 2 is 1.70 bits per heavy atom. The summed E-state index contributed by atoms with van der Waals surface area (Å²) in [6.07, 6.45) is 0. The fourth-order valence-electron chi connectivity index (χ4n) is 2.85. The van der Waals surface area contributed by atoms with Gasteiger partial charge in [-0.15, -0.1) is 10.2 Å². The Hall–Kier alpha value is -3.09. The molecule has 1 heterocycles. The molecule has 2 atom stereocenters. The third-order valence-corrected chi connectivity index (χ3v) is 4.34. The van der Waals surface area contributed by atoms with Crippen LogP contribution in [0.1, 0.15) is 38.4 Å². The van der Waals surface area contributed by atoms with E-state index in [0.717, 1.165) is 11.1 Å². The highest BCUT2D eigenvalue weighted by Crippen LogP contribution is 2.21. The van der Waals surface area contributed by atoms with E-state index in [9.17, 15) is 9.18 Å². The Bertz CT molecular complexity index is 892. The largest absolute Gasteiger partial charge is 0.348 e. The van der Waals surface area contributed by atoms with E-state index in [-0.39, 0.29) is 23.7 Å². The fourth-order valence-corrected chi connectivity index (χ4v) is 2.85. The number of halogens is 1. The molecule has 3 aromatic rings. The molecule has 0 aliphatic heterocycles. The van der Waals surface area contributed by atoms with E-state index in [0.29, 0.717) is 5.82 Å². The molecule has 0 saturated heterocycles. The van der Waals surface area contributed by atoms with E-state index >= 15 is 0 Å². The van der Waals surface area contributed by atoms with Crippen LogP contribution < -0.4 is 5.32 Å². The molecule has 3 rings (SSSR count). The van der Waals surface area contributed by atoms with Crippen molar-refractivity contribution in [3.8, 4) is 11.4 Å². The summed E-state index contributed by atoms with van der Waals surface area (Å²) < 4.78 is 13.1. The lowest BCUT2D eigenvalue weighted by Gasteiger charge is -2.22. The van der Waals surface area contributed by atoms with Gasteiger partial charge < -0.3 is 5.32 Å². The summed E-state index contributed by atoms with van der Waals surface area (Å²) in [6.45, 7) is 5.71.